The van der Waals surface area contributed by atoms with E-state index in [1.54, 1.807) is 17.1 Å². The predicted octanol–water partition coefficient (Wildman–Crippen LogP) is 1.10. The Balaban J connectivity index is 2.02. The first-order valence-corrected chi connectivity index (χ1v) is 8.93. The Bertz CT molecular complexity index is 779. The molecule has 1 N–H and O–H groups in total. The number of nitrogens with zero attached hydrogens (tertiary/aromatic N) is 3. The van der Waals surface area contributed by atoms with Gasteiger partial charge in [-0.05, 0) is 38.4 Å². The molecule has 0 aliphatic carbocycles. The van der Waals surface area contributed by atoms with Gasteiger partial charge in [0.05, 0.1) is 23.3 Å². The number of carbonyl (C=O) groups excluding carboxylic acids is 1. The molecule has 0 aliphatic rings. The van der Waals surface area contributed by atoms with E-state index in [0.717, 1.165) is 19.3 Å². The zero-order chi connectivity index (χ0) is 17.0. The van der Waals surface area contributed by atoms with Crippen LogP contribution >= 0.6 is 0 Å². The lowest BCUT2D eigenvalue weighted by molar-refractivity contribution is 0.102. The SMILES string of the molecule is CN(C)CCn1cc(NC(=O)c2ccc(S(C)(=O)=O)cc2)cn1. The van der Waals surface area contributed by atoms with E-state index in [0.29, 0.717) is 11.3 Å². The Kier molecular flexibility index (Phi) is 5.17. The largest absolute Gasteiger partial charge is 0.319 e. The van der Waals surface area contributed by atoms with Gasteiger partial charge in [-0.15, -0.1) is 0 Å². The number of benzene rings is 1. The summed E-state index contributed by atoms with van der Waals surface area (Å²) in [6, 6.07) is 5.82. The van der Waals surface area contributed by atoms with Crippen molar-refractivity contribution in [2.24, 2.45) is 0 Å². The molecule has 0 radical (unpaired) electrons. The van der Waals surface area contributed by atoms with Crippen molar-refractivity contribution >= 4 is 21.4 Å². The highest BCUT2D eigenvalue weighted by Crippen LogP contribution is 2.12. The molecule has 7 nitrogen and oxygen atoms in total. The molecule has 8 heteroatoms. The lowest BCUT2D eigenvalue weighted by Crippen LogP contribution is -2.18. The van der Waals surface area contributed by atoms with Crippen molar-refractivity contribution in [3.8, 4) is 0 Å². The van der Waals surface area contributed by atoms with Gasteiger partial charge in [0, 0.05) is 24.6 Å². The van der Waals surface area contributed by atoms with E-state index < -0.39 is 9.84 Å². The molecular formula is C15H20N4O3S. The van der Waals surface area contributed by atoms with Crippen molar-refractivity contribution in [3.63, 3.8) is 0 Å². The highest BCUT2D eigenvalue weighted by molar-refractivity contribution is 7.90. The summed E-state index contributed by atoms with van der Waals surface area (Å²) in [6.07, 6.45) is 4.47. The lowest BCUT2D eigenvalue weighted by Gasteiger charge is -2.08. The topological polar surface area (TPSA) is 84.3 Å². The highest BCUT2D eigenvalue weighted by Gasteiger charge is 2.11. The number of aromatic nitrogens is 2. The third kappa shape index (κ3) is 4.90. The number of nitrogens with one attached hydrogen (secondary N) is 1. The van der Waals surface area contributed by atoms with Crippen LogP contribution in [-0.2, 0) is 16.4 Å². The van der Waals surface area contributed by atoms with E-state index in [1.165, 1.54) is 24.3 Å². The summed E-state index contributed by atoms with van der Waals surface area (Å²) in [5.41, 5.74) is 0.986. The van der Waals surface area contributed by atoms with E-state index in [1.807, 2.05) is 19.0 Å². The second kappa shape index (κ2) is 6.93. The highest BCUT2D eigenvalue weighted by atomic mass is 32.2. The number of carbonyl (C=O) groups is 1. The smallest absolute Gasteiger partial charge is 0.255 e. The molecular weight excluding hydrogens is 316 g/mol. The van der Waals surface area contributed by atoms with Crippen molar-refractivity contribution in [3.05, 3.63) is 42.2 Å². The number of hydrogen-bond acceptors (Lipinski definition) is 5. The summed E-state index contributed by atoms with van der Waals surface area (Å²) in [7, 11) is 0.694. The quantitative estimate of drug-likeness (QED) is 0.854. The van der Waals surface area contributed by atoms with Crippen LogP contribution in [0.3, 0.4) is 0 Å². The third-order valence-electron chi connectivity index (χ3n) is 3.21. The average molecular weight is 336 g/mol. The molecule has 0 aliphatic heterocycles. The van der Waals surface area contributed by atoms with Crippen molar-refractivity contribution in [1.82, 2.24) is 14.7 Å². The molecule has 1 aromatic heterocycles. The Hall–Kier alpha value is -2.19. The molecule has 0 atom stereocenters. The van der Waals surface area contributed by atoms with Crippen LogP contribution in [0.4, 0.5) is 5.69 Å². The van der Waals surface area contributed by atoms with Crippen LogP contribution in [0.25, 0.3) is 0 Å². The number of anilines is 1. The average Bonchev–Trinajstić information content (AvgIpc) is 2.92. The minimum atomic E-state index is -3.26. The van der Waals surface area contributed by atoms with Crippen LogP contribution in [0.5, 0.6) is 0 Å². The van der Waals surface area contributed by atoms with Crippen LogP contribution in [0.15, 0.2) is 41.6 Å². The van der Waals surface area contributed by atoms with E-state index >= 15 is 0 Å². The Morgan fingerprint density at radius 2 is 1.91 bits per heavy atom. The maximum Gasteiger partial charge on any atom is 0.255 e. The number of hydrogen-bond donors (Lipinski definition) is 1. The second-order valence-electron chi connectivity index (χ2n) is 5.55. The van der Waals surface area contributed by atoms with Crippen LogP contribution in [0, 0.1) is 0 Å². The van der Waals surface area contributed by atoms with E-state index in [-0.39, 0.29) is 10.8 Å². The van der Waals surface area contributed by atoms with Crippen LogP contribution in [0.1, 0.15) is 10.4 Å². The van der Waals surface area contributed by atoms with Gasteiger partial charge in [0.15, 0.2) is 9.84 Å². The van der Waals surface area contributed by atoms with Gasteiger partial charge < -0.3 is 10.2 Å². The Morgan fingerprint density at radius 3 is 2.48 bits per heavy atom. The van der Waals surface area contributed by atoms with Crippen LogP contribution in [0.2, 0.25) is 0 Å². The fraction of sp³-hybridized carbons (Fsp3) is 0.333. The first-order valence-electron chi connectivity index (χ1n) is 7.04. The summed E-state index contributed by atoms with van der Waals surface area (Å²) in [5.74, 6) is -0.308. The fourth-order valence-electron chi connectivity index (χ4n) is 1.91. The molecule has 2 rings (SSSR count). The number of rotatable bonds is 6. The maximum atomic E-state index is 12.1. The maximum absolute atomic E-state index is 12.1. The van der Waals surface area contributed by atoms with Gasteiger partial charge in [-0.3, -0.25) is 9.48 Å². The van der Waals surface area contributed by atoms with Crippen molar-refractivity contribution in [1.29, 1.82) is 0 Å². The second-order valence-corrected chi connectivity index (χ2v) is 7.56. The van der Waals surface area contributed by atoms with E-state index in [9.17, 15) is 13.2 Å². The van der Waals surface area contributed by atoms with Crippen molar-refractivity contribution in [2.45, 2.75) is 11.4 Å². The monoisotopic (exact) mass is 336 g/mol. The van der Waals surface area contributed by atoms with Gasteiger partial charge in [0.25, 0.3) is 5.91 Å². The van der Waals surface area contributed by atoms with Gasteiger partial charge >= 0.3 is 0 Å². The zero-order valence-corrected chi connectivity index (χ0v) is 14.2. The van der Waals surface area contributed by atoms with Crippen LogP contribution in [-0.4, -0.2) is 55.9 Å². The van der Waals surface area contributed by atoms with Gasteiger partial charge in [0.2, 0.25) is 0 Å². The summed E-state index contributed by atoms with van der Waals surface area (Å²) >= 11 is 0. The van der Waals surface area contributed by atoms with Gasteiger partial charge in [-0.25, -0.2) is 8.42 Å². The molecule has 23 heavy (non-hydrogen) atoms. The molecule has 124 valence electrons. The molecule has 0 unspecified atom stereocenters. The molecule has 1 amide bonds. The predicted molar refractivity (Wildman–Crippen MR) is 88.3 cm³/mol. The van der Waals surface area contributed by atoms with Gasteiger partial charge in [0.1, 0.15) is 0 Å². The summed E-state index contributed by atoms with van der Waals surface area (Å²) in [6.45, 7) is 1.58. The standard InChI is InChI=1S/C15H20N4O3S/c1-18(2)8-9-19-11-13(10-16-19)17-15(20)12-4-6-14(7-5-12)23(3,21)22/h4-7,10-11H,8-9H2,1-3H3,(H,17,20). The van der Waals surface area contributed by atoms with E-state index in [4.69, 9.17) is 0 Å². The van der Waals surface area contributed by atoms with Crippen LogP contribution < -0.4 is 5.32 Å². The Labute approximate surface area is 135 Å². The summed E-state index contributed by atoms with van der Waals surface area (Å²) in [4.78, 5) is 14.4. The summed E-state index contributed by atoms with van der Waals surface area (Å²) < 4.78 is 24.6. The Morgan fingerprint density at radius 1 is 1.26 bits per heavy atom. The van der Waals surface area contributed by atoms with Gasteiger partial charge in [-0.1, -0.05) is 0 Å². The first kappa shape index (κ1) is 17.2. The molecule has 0 spiro atoms. The molecule has 0 fully saturated rings. The number of amides is 1. The molecule has 0 saturated heterocycles. The number of sulfone groups is 1. The molecule has 0 saturated carbocycles. The third-order valence-corrected chi connectivity index (χ3v) is 4.34. The normalized spacial score (nSPS) is 11.7. The minimum Gasteiger partial charge on any atom is -0.319 e. The summed E-state index contributed by atoms with van der Waals surface area (Å²) in [5, 5.41) is 6.92. The molecule has 1 aromatic carbocycles. The van der Waals surface area contributed by atoms with Gasteiger partial charge in [-0.2, -0.15) is 5.10 Å². The molecule has 2 aromatic rings. The lowest BCUT2D eigenvalue weighted by atomic mass is 10.2. The fourth-order valence-corrected chi connectivity index (χ4v) is 2.54. The molecule has 0 bridgehead atoms. The van der Waals surface area contributed by atoms with Crippen molar-refractivity contribution < 1.29 is 13.2 Å². The first-order chi connectivity index (χ1) is 10.8. The minimum absolute atomic E-state index is 0.186. The molecule has 1 heterocycles. The number of likely N-dealkylation sites (N-methyl/N-ethyl adjacent to an activating group) is 1. The van der Waals surface area contributed by atoms with Crippen molar-refractivity contribution in [2.75, 3.05) is 32.2 Å². The zero-order valence-electron chi connectivity index (χ0n) is 13.4. The van der Waals surface area contributed by atoms with E-state index in [2.05, 4.69) is 10.4 Å².